The molecule has 33 heavy (non-hydrogen) atoms. The molecule has 0 spiro atoms. The molecule has 1 amide bonds. The molecule has 1 N–H and O–H groups in total. The smallest absolute Gasteiger partial charge is 0.268 e. The van der Waals surface area contributed by atoms with Crippen molar-refractivity contribution in [1.82, 2.24) is 24.3 Å². The van der Waals surface area contributed by atoms with Crippen LogP contribution in [0.15, 0.2) is 70.4 Å². The Morgan fingerprint density at radius 3 is 2.94 bits per heavy atom. The summed E-state index contributed by atoms with van der Waals surface area (Å²) < 4.78 is 8.45. The Balaban J connectivity index is 1.47. The van der Waals surface area contributed by atoms with Crippen molar-refractivity contribution in [3.63, 3.8) is 0 Å². The minimum atomic E-state index is -0.286. The highest BCUT2D eigenvalue weighted by atomic mass is 32.1. The molecule has 9 heteroatoms. The molecule has 5 rings (SSSR count). The summed E-state index contributed by atoms with van der Waals surface area (Å²) in [5.74, 6) is -0.286. The van der Waals surface area contributed by atoms with Crippen LogP contribution in [0, 0.1) is 0 Å². The van der Waals surface area contributed by atoms with Gasteiger partial charge in [0.05, 0.1) is 17.7 Å². The van der Waals surface area contributed by atoms with Crippen molar-refractivity contribution in [2.75, 3.05) is 13.7 Å². The van der Waals surface area contributed by atoms with E-state index in [1.807, 2.05) is 35.0 Å². The topological polar surface area (TPSA) is 90.5 Å². The fourth-order valence-electron chi connectivity index (χ4n) is 3.77. The number of carbonyl (C=O) groups excluding carboxylic acids is 1. The number of amides is 1. The van der Waals surface area contributed by atoms with Crippen LogP contribution in [0.2, 0.25) is 0 Å². The Labute approximate surface area is 193 Å². The molecule has 0 saturated heterocycles. The summed E-state index contributed by atoms with van der Waals surface area (Å²) in [4.78, 5) is 35.2. The third-order valence-corrected chi connectivity index (χ3v) is 6.11. The predicted molar refractivity (Wildman–Crippen MR) is 128 cm³/mol. The Morgan fingerprint density at radius 1 is 1.21 bits per heavy atom. The molecule has 0 aromatic carbocycles. The van der Waals surface area contributed by atoms with Gasteiger partial charge in [-0.3, -0.25) is 19.0 Å². The van der Waals surface area contributed by atoms with E-state index in [4.69, 9.17) is 4.74 Å². The van der Waals surface area contributed by atoms with Gasteiger partial charge < -0.3 is 14.6 Å². The largest absolute Gasteiger partial charge is 0.383 e. The minimum Gasteiger partial charge on any atom is -0.383 e. The van der Waals surface area contributed by atoms with Gasteiger partial charge in [0.1, 0.15) is 17.0 Å². The molecule has 0 bridgehead atoms. The number of thiophene rings is 1. The van der Waals surface area contributed by atoms with Gasteiger partial charge in [0.2, 0.25) is 0 Å². The van der Waals surface area contributed by atoms with Crippen molar-refractivity contribution < 1.29 is 9.53 Å². The maximum absolute atomic E-state index is 13.2. The van der Waals surface area contributed by atoms with Crippen LogP contribution in [0.1, 0.15) is 16.1 Å². The molecule has 0 unspecified atom stereocenters. The molecule has 8 nitrogen and oxygen atoms in total. The molecule has 0 aliphatic carbocycles. The number of methoxy groups -OCH3 is 1. The standard InChI is InChI=1S/C24H21N5O3S/c1-32-10-9-28-20(13-18-22(28)27-21-4-2-3-8-29(21)24(18)31)23(30)26-14-16-5-7-25-19(12-16)17-6-11-33-15-17/h2-8,11-13,15H,9-10,14H2,1H3,(H,26,30). The zero-order chi connectivity index (χ0) is 22.8. The maximum Gasteiger partial charge on any atom is 0.268 e. The average molecular weight is 460 g/mol. The van der Waals surface area contributed by atoms with Gasteiger partial charge in [-0.25, -0.2) is 4.98 Å². The Kier molecular flexibility index (Phi) is 5.72. The van der Waals surface area contributed by atoms with Crippen molar-refractivity contribution in [2.24, 2.45) is 0 Å². The summed E-state index contributed by atoms with van der Waals surface area (Å²) >= 11 is 1.61. The monoisotopic (exact) mass is 459 g/mol. The molecule has 0 fully saturated rings. The minimum absolute atomic E-state index is 0.213. The number of nitrogens with one attached hydrogen (secondary N) is 1. The first-order chi connectivity index (χ1) is 16.2. The highest BCUT2D eigenvalue weighted by molar-refractivity contribution is 7.08. The molecule has 5 heterocycles. The third kappa shape index (κ3) is 4.04. The van der Waals surface area contributed by atoms with Crippen LogP contribution in [0.4, 0.5) is 0 Å². The van der Waals surface area contributed by atoms with E-state index in [1.54, 1.807) is 53.6 Å². The van der Waals surface area contributed by atoms with Gasteiger partial charge in [0.15, 0.2) is 0 Å². The predicted octanol–water partition coefficient (Wildman–Crippen LogP) is 3.35. The summed E-state index contributed by atoms with van der Waals surface area (Å²) in [6.07, 6.45) is 3.41. The number of fused-ring (bicyclic) bond motifs is 2. The second-order valence-electron chi connectivity index (χ2n) is 7.50. The van der Waals surface area contributed by atoms with Crippen LogP contribution < -0.4 is 10.9 Å². The Morgan fingerprint density at radius 2 is 2.12 bits per heavy atom. The van der Waals surface area contributed by atoms with E-state index in [0.717, 1.165) is 16.8 Å². The molecule has 5 aromatic rings. The second kappa shape index (κ2) is 8.97. The number of hydrogen-bond donors (Lipinski definition) is 1. The van der Waals surface area contributed by atoms with E-state index in [1.165, 1.54) is 4.40 Å². The highest BCUT2D eigenvalue weighted by Gasteiger charge is 2.19. The zero-order valence-corrected chi connectivity index (χ0v) is 18.7. The summed E-state index contributed by atoms with van der Waals surface area (Å²) in [7, 11) is 1.59. The first-order valence-corrected chi connectivity index (χ1v) is 11.4. The zero-order valence-electron chi connectivity index (χ0n) is 17.9. The number of carbonyl (C=O) groups is 1. The van der Waals surface area contributed by atoms with Crippen molar-refractivity contribution in [3.8, 4) is 11.3 Å². The van der Waals surface area contributed by atoms with Crippen LogP contribution in [-0.4, -0.2) is 38.6 Å². The fraction of sp³-hybridized carbons (Fsp3) is 0.167. The number of aromatic nitrogens is 4. The lowest BCUT2D eigenvalue weighted by atomic mass is 10.1. The molecule has 0 aliphatic rings. The first-order valence-electron chi connectivity index (χ1n) is 10.4. The number of nitrogens with zero attached hydrogens (tertiary/aromatic N) is 4. The number of hydrogen-bond acceptors (Lipinski definition) is 6. The maximum atomic E-state index is 13.2. The van der Waals surface area contributed by atoms with Crippen molar-refractivity contribution in [2.45, 2.75) is 13.1 Å². The van der Waals surface area contributed by atoms with Gasteiger partial charge in [-0.05, 0) is 47.3 Å². The molecular weight excluding hydrogens is 438 g/mol. The lowest BCUT2D eigenvalue weighted by Crippen LogP contribution is -2.26. The van der Waals surface area contributed by atoms with Crippen LogP contribution in [0.5, 0.6) is 0 Å². The van der Waals surface area contributed by atoms with Crippen LogP contribution in [-0.2, 0) is 17.8 Å². The van der Waals surface area contributed by atoms with Gasteiger partial charge in [-0.15, -0.1) is 0 Å². The molecule has 5 aromatic heterocycles. The number of pyridine rings is 2. The van der Waals surface area contributed by atoms with E-state index in [-0.39, 0.29) is 11.5 Å². The van der Waals surface area contributed by atoms with Crippen molar-refractivity contribution in [3.05, 3.63) is 87.2 Å². The van der Waals surface area contributed by atoms with Crippen LogP contribution >= 0.6 is 11.3 Å². The van der Waals surface area contributed by atoms with E-state index >= 15 is 0 Å². The lowest BCUT2D eigenvalue weighted by molar-refractivity contribution is 0.0939. The molecule has 0 aliphatic heterocycles. The van der Waals surface area contributed by atoms with Gasteiger partial charge >= 0.3 is 0 Å². The van der Waals surface area contributed by atoms with Crippen molar-refractivity contribution >= 4 is 33.9 Å². The van der Waals surface area contributed by atoms with E-state index in [0.29, 0.717) is 42.1 Å². The third-order valence-electron chi connectivity index (χ3n) is 5.42. The first kappa shape index (κ1) is 21.0. The second-order valence-corrected chi connectivity index (χ2v) is 8.28. The number of ether oxygens (including phenoxy) is 1. The average Bonchev–Trinajstić information content (AvgIpc) is 3.50. The van der Waals surface area contributed by atoms with E-state index in [2.05, 4.69) is 15.3 Å². The quantitative estimate of drug-likeness (QED) is 0.403. The fourth-order valence-corrected chi connectivity index (χ4v) is 4.42. The Hall–Kier alpha value is -3.82. The summed E-state index contributed by atoms with van der Waals surface area (Å²) in [6, 6.07) is 12.8. The van der Waals surface area contributed by atoms with Gasteiger partial charge in [-0.1, -0.05) is 6.07 Å². The molecule has 166 valence electrons. The van der Waals surface area contributed by atoms with E-state index in [9.17, 15) is 9.59 Å². The van der Waals surface area contributed by atoms with Crippen molar-refractivity contribution in [1.29, 1.82) is 0 Å². The lowest BCUT2D eigenvalue weighted by Gasteiger charge is -2.11. The molecule has 0 atom stereocenters. The number of rotatable bonds is 7. The van der Waals surface area contributed by atoms with Gasteiger partial charge in [0.25, 0.3) is 11.5 Å². The summed E-state index contributed by atoms with van der Waals surface area (Å²) in [6.45, 7) is 1.11. The van der Waals surface area contributed by atoms with Crippen LogP contribution in [0.3, 0.4) is 0 Å². The molecule has 0 saturated carbocycles. The molecule has 0 radical (unpaired) electrons. The highest BCUT2D eigenvalue weighted by Crippen LogP contribution is 2.21. The van der Waals surface area contributed by atoms with E-state index < -0.39 is 0 Å². The summed E-state index contributed by atoms with van der Waals surface area (Å²) in [5, 5.41) is 7.40. The SMILES string of the molecule is COCCn1c(C(=O)NCc2ccnc(-c3ccsc3)c2)cc2c(=O)n3ccccc3nc21. The van der Waals surface area contributed by atoms with Gasteiger partial charge in [0, 0.05) is 43.5 Å². The van der Waals surface area contributed by atoms with Crippen LogP contribution in [0.25, 0.3) is 27.9 Å². The van der Waals surface area contributed by atoms with Gasteiger partial charge in [-0.2, -0.15) is 11.3 Å². The summed E-state index contributed by atoms with van der Waals surface area (Å²) in [5.41, 5.74) is 3.99. The molecular formula is C24H21N5O3S. The Bertz CT molecular complexity index is 1500. The normalized spacial score (nSPS) is 11.3.